The largest absolute Gasteiger partial charge is 0.494 e. The van der Waals surface area contributed by atoms with Crippen LogP contribution in [-0.4, -0.2) is 119 Å². The average Bonchev–Trinajstić information content (AvgIpc) is 3.00. The Kier molecular flexibility index (Phi) is 15.7. The van der Waals surface area contributed by atoms with Gasteiger partial charge in [0.15, 0.2) is 11.6 Å². The third-order valence-corrected chi connectivity index (χ3v) is 8.10. The number of hydrogen-bond acceptors (Lipinski definition) is 7. The van der Waals surface area contributed by atoms with Crippen molar-refractivity contribution in [2.45, 2.75) is 37.0 Å². The zero-order valence-corrected chi connectivity index (χ0v) is 28.2. The lowest BCUT2D eigenvalue weighted by molar-refractivity contribution is -0.143. The number of benzene rings is 2. The van der Waals surface area contributed by atoms with Crippen LogP contribution in [0.5, 0.6) is 5.75 Å². The number of morpholine rings is 1. The molecule has 1 amide bonds. The first-order valence-electron chi connectivity index (χ1n) is 14.7. The summed E-state index contributed by atoms with van der Waals surface area (Å²) < 4.78 is 117. The number of methoxy groups -OCH3 is 3. The summed E-state index contributed by atoms with van der Waals surface area (Å²) >= 11 is 0. The van der Waals surface area contributed by atoms with Crippen LogP contribution in [-0.2, 0) is 33.0 Å². The number of piperazine rings is 1. The number of ether oxygens (including phenoxy) is 4. The van der Waals surface area contributed by atoms with Crippen LogP contribution < -0.4 is 4.74 Å². The molecule has 0 radical (unpaired) electrons. The Balaban J connectivity index is 0.00000400. The molecule has 0 saturated carbocycles. The summed E-state index contributed by atoms with van der Waals surface area (Å²) in [6.07, 6.45) is -10.3. The van der Waals surface area contributed by atoms with Crippen LogP contribution in [0.2, 0.25) is 0 Å². The van der Waals surface area contributed by atoms with Crippen molar-refractivity contribution in [1.29, 1.82) is 0 Å². The molecule has 2 aliphatic rings. The maximum Gasteiger partial charge on any atom is 0.416 e. The van der Waals surface area contributed by atoms with Crippen molar-refractivity contribution in [2.24, 2.45) is 0 Å². The van der Waals surface area contributed by atoms with Gasteiger partial charge in [0, 0.05) is 71.6 Å². The van der Waals surface area contributed by atoms with Crippen LogP contribution in [0.15, 0.2) is 36.4 Å². The minimum atomic E-state index is -5.09. The molecule has 48 heavy (non-hydrogen) atoms. The summed E-state index contributed by atoms with van der Waals surface area (Å²) in [5.74, 6) is -1.58. The van der Waals surface area contributed by atoms with Gasteiger partial charge < -0.3 is 23.8 Å². The van der Waals surface area contributed by atoms with Gasteiger partial charge >= 0.3 is 12.4 Å². The zero-order valence-electron chi connectivity index (χ0n) is 26.6. The topological polar surface area (TPSA) is 63.7 Å². The predicted molar refractivity (Wildman–Crippen MR) is 168 cm³/mol. The number of nitrogens with zero attached hydrogens (tertiary/aromatic N) is 3. The lowest BCUT2D eigenvalue weighted by Gasteiger charge is -2.43. The molecule has 0 aliphatic carbocycles. The number of halogens is 9. The first-order valence-corrected chi connectivity index (χ1v) is 14.7. The van der Waals surface area contributed by atoms with Crippen molar-refractivity contribution in [1.82, 2.24) is 14.7 Å². The maximum absolute atomic E-state index is 14.1. The Labute approximate surface area is 287 Å². The first kappa shape index (κ1) is 41.8. The van der Waals surface area contributed by atoms with E-state index in [2.05, 4.69) is 9.80 Å². The third-order valence-electron chi connectivity index (χ3n) is 8.10. The van der Waals surface area contributed by atoms with Gasteiger partial charge in [-0.3, -0.25) is 14.6 Å². The Morgan fingerprint density at radius 3 is 1.90 bits per heavy atom. The van der Waals surface area contributed by atoms with Gasteiger partial charge in [0.1, 0.15) is 0 Å². The van der Waals surface area contributed by atoms with Gasteiger partial charge in [-0.15, -0.1) is 24.8 Å². The number of carbonyl (C=O) groups excluding carboxylic acids is 1. The number of carbonyl (C=O) groups is 1. The van der Waals surface area contributed by atoms with Crippen molar-refractivity contribution >= 4 is 30.7 Å². The second kappa shape index (κ2) is 18.0. The average molecular weight is 739 g/mol. The highest BCUT2D eigenvalue weighted by molar-refractivity contribution is 5.95. The van der Waals surface area contributed by atoms with Crippen LogP contribution in [0.3, 0.4) is 0 Å². The molecule has 0 unspecified atom stereocenters. The lowest BCUT2D eigenvalue weighted by atomic mass is 9.98. The van der Waals surface area contributed by atoms with E-state index in [0.717, 1.165) is 0 Å². The van der Waals surface area contributed by atoms with Crippen LogP contribution in [0.25, 0.3) is 0 Å². The van der Waals surface area contributed by atoms with Gasteiger partial charge in [-0.25, -0.2) is 4.39 Å². The van der Waals surface area contributed by atoms with Gasteiger partial charge in [-0.2, -0.15) is 26.3 Å². The van der Waals surface area contributed by atoms with Gasteiger partial charge in [0.05, 0.1) is 43.7 Å². The quantitative estimate of drug-likeness (QED) is 0.285. The summed E-state index contributed by atoms with van der Waals surface area (Å²) in [5, 5.41) is 0. The summed E-state index contributed by atoms with van der Waals surface area (Å²) in [4.78, 5) is 19.3. The molecule has 0 bridgehead atoms. The second-order valence-corrected chi connectivity index (χ2v) is 11.5. The van der Waals surface area contributed by atoms with Crippen molar-refractivity contribution in [2.75, 3.05) is 80.4 Å². The molecule has 2 aliphatic heterocycles. The molecule has 2 aromatic rings. The SMILES string of the molecule is COC[C@@H]1CN(CCN2CCN(C(=O)c3cc(C(F)(F)F)cc(C(F)(F)F)c3)[C@H](Cc3ccc(F)c(OC)c3)C2)C[C@H](COC)O1.Cl.Cl. The Bertz CT molecular complexity index is 1290. The third kappa shape index (κ3) is 11.1. The highest BCUT2D eigenvalue weighted by atomic mass is 35.5. The highest BCUT2D eigenvalue weighted by Gasteiger charge is 2.39. The fourth-order valence-electron chi connectivity index (χ4n) is 5.94. The van der Waals surface area contributed by atoms with Gasteiger partial charge in [0.2, 0.25) is 0 Å². The van der Waals surface area contributed by atoms with Crippen molar-refractivity contribution in [3.05, 3.63) is 64.5 Å². The summed E-state index contributed by atoms with van der Waals surface area (Å²) in [7, 11) is 4.48. The monoisotopic (exact) mass is 737 g/mol. The fourth-order valence-corrected chi connectivity index (χ4v) is 5.94. The molecule has 2 heterocycles. The second-order valence-electron chi connectivity index (χ2n) is 11.5. The highest BCUT2D eigenvalue weighted by Crippen LogP contribution is 2.37. The van der Waals surface area contributed by atoms with Crippen molar-refractivity contribution in [3.8, 4) is 5.75 Å². The molecule has 17 heteroatoms. The van der Waals surface area contributed by atoms with E-state index in [1.54, 1.807) is 14.2 Å². The molecule has 2 aromatic carbocycles. The Morgan fingerprint density at radius 2 is 1.38 bits per heavy atom. The van der Waals surface area contributed by atoms with E-state index in [9.17, 15) is 35.5 Å². The number of alkyl halides is 6. The molecular formula is C31H40Cl2F7N3O5. The summed E-state index contributed by atoms with van der Waals surface area (Å²) in [6.45, 7) is 3.96. The Morgan fingerprint density at radius 1 is 0.812 bits per heavy atom. The molecule has 4 rings (SSSR count). The molecular weight excluding hydrogens is 698 g/mol. The lowest BCUT2D eigenvalue weighted by Crippen LogP contribution is -2.58. The number of rotatable bonds is 11. The molecule has 2 saturated heterocycles. The minimum absolute atomic E-state index is 0. The van der Waals surface area contributed by atoms with Crippen LogP contribution in [0.1, 0.15) is 27.0 Å². The van der Waals surface area contributed by atoms with Gasteiger partial charge in [-0.1, -0.05) is 6.07 Å². The predicted octanol–water partition coefficient (Wildman–Crippen LogP) is 5.45. The standard InChI is InChI=1S/C31H38F7N3O5.2ClH/c1-43-18-25-16-40(17-26(46-25)19-44-2)7-6-39-8-9-41(24(15-39)10-20-4-5-27(32)28(11-20)45-3)29(42)21-12-22(30(33,34)35)14-23(13-21)31(36,37)38;;/h4-5,11-14,24-26H,6-10,15-19H2,1-3H3;2*1H/t24-,25-,26+;;/m1../s1. The smallest absolute Gasteiger partial charge is 0.416 e. The van der Waals surface area contributed by atoms with E-state index < -0.39 is 46.8 Å². The van der Waals surface area contributed by atoms with Gasteiger partial charge in [0.25, 0.3) is 5.91 Å². The molecule has 3 atom stereocenters. The van der Waals surface area contributed by atoms with E-state index in [0.29, 0.717) is 63.6 Å². The molecule has 272 valence electrons. The molecule has 2 fully saturated rings. The van der Waals surface area contributed by atoms with Crippen molar-refractivity contribution < 1.29 is 54.5 Å². The molecule has 0 aromatic heterocycles. The van der Waals surface area contributed by atoms with E-state index in [-0.39, 0.29) is 68.3 Å². The fraction of sp³-hybridized carbons (Fsp3) is 0.581. The first-order chi connectivity index (χ1) is 21.7. The number of hydrogen-bond donors (Lipinski definition) is 0. The van der Waals surface area contributed by atoms with E-state index >= 15 is 0 Å². The van der Waals surface area contributed by atoms with Gasteiger partial charge in [-0.05, 0) is 42.3 Å². The normalized spacial score (nSPS) is 21.0. The van der Waals surface area contributed by atoms with Crippen LogP contribution >= 0.6 is 24.8 Å². The summed E-state index contributed by atoms with van der Waals surface area (Å²) in [5.41, 5.74) is -3.25. The molecule has 0 spiro atoms. The van der Waals surface area contributed by atoms with Crippen molar-refractivity contribution in [3.63, 3.8) is 0 Å². The summed E-state index contributed by atoms with van der Waals surface area (Å²) in [6, 6.07) is 4.42. The van der Waals surface area contributed by atoms with Crippen LogP contribution in [0.4, 0.5) is 30.7 Å². The zero-order chi connectivity index (χ0) is 33.6. The Hall–Kier alpha value is -2.40. The van der Waals surface area contributed by atoms with Crippen LogP contribution in [0, 0.1) is 5.82 Å². The minimum Gasteiger partial charge on any atom is -0.494 e. The van der Waals surface area contributed by atoms with E-state index in [1.807, 2.05) is 0 Å². The van der Waals surface area contributed by atoms with E-state index in [1.165, 1.54) is 30.2 Å². The maximum atomic E-state index is 14.1. The molecule has 0 N–H and O–H groups in total. The number of amides is 1. The van der Waals surface area contributed by atoms with E-state index in [4.69, 9.17) is 18.9 Å². The molecule has 8 nitrogen and oxygen atoms in total.